The molecule has 1 aromatic carbocycles. The number of aryl methyl sites for hydroxylation is 2. The molecule has 1 atom stereocenters. The van der Waals surface area contributed by atoms with Gasteiger partial charge in [-0.2, -0.15) is 0 Å². The SMILES string of the molecule is Cc1ccc(C)c(CC(N)c2ccc(C(C)(C)C)s2)c1. The standard InChI is InChI=1S/C18H25NS/c1-12-6-7-13(2)14(10-12)11-15(19)16-8-9-17(20-16)18(3,4)5/h6-10,15H,11,19H2,1-5H3. The summed E-state index contributed by atoms with van der Waals surface area (Å²) in [6.07, 6.45) is 0.914. The van der Waals surface area contributed by atoms with Crippen LogP contribution in [0.4, 0.5) is 0 Å². The van der Waals surface area contributed by atoms with E-state index in [0.717, 1.165) is 6.42 Å². The molecule has 2 rings (SSSR count). The first kappa shape index (κ1) is 15.3. The van der Waals surface area contributed by atoms with Gasteiger partial charge in [0.1, 0.15) is 0 Å². The molecule has 0 fully saturated rings. The van der Waals surface area contributed by atoms with Crippen LogP contribution >= 0.6 is 11.3 Å². The Labute approximate surface area is 126 Å². The van der Waals surface area contributed by atoms with Gasteiger partial charge in [-0.1, -0.05) is 44.5 Å². The summed E-state index contributed by atoms with van der Waals surface area (Å²) >= 11 is 1.85. The second-order valence-electron chi connectivity index (χ2n) is 6.69. The molecule has 0 aliphatic rings. The number of hydrogen-bond acceptors (Lipinski definition) is 2. The summed E-state index contributed by atoms with van der Waals surface area (Å²) in [6.45, 7) is 11.0. The zero-order valence-corrected chi connectivity index (χ0v) is 14.0. The second kappa shape index (κ2) is 5.71. The maximum atomic E-state index is 6.41. The summed E-state index contributed by atoms with van der Waals surface area (Å²) in [5, 5.41) is 0. The van der Waals surface area contributed by atoms with E-state index >= 15 is 0 Å². The normalized spacial score (nSPS) is 13.5. The van der Waals surface area contributed by atoms with Crippen molar-refractivity contribution in [1.29, 1.82) is 0 Å². The fraction of sp³-hybridized carbons (Fsp3) is 0.444. The topological polar surface area (TPSA) is 26.0 Å². The van der Waals surface area contributed by atoms with Crippen molar-refractivity contribution < 1.29 is 0 Å². The van der Waals surface area contributed by atoms with Gasteiger partial charge in [-0.05, 0) is 48.9 Å². The smallest absolute Gasteiger partial charge is 0.0430 e. The molecule has 0 spiro atoms. The quantitative estimate of drug-likeness (QED) is 0.853. The Balaban J connectivity index is 2.18. The molecule has 0 saturated carbocycles. The molecule has 1 aromatic heterocycles. The van der Waals surface area contributed by atoms with Crippen molar-refractivity contribution in [3.8, 4) is 0 Å². The molecule has 2 N–H and O–H groups in total. The molecule has 0 radical (unpaired) electrons. The van der Waals surface area contributed by atoms with Gasteiger partial charge in [0.15, 0.2) is 0 Å². The molecule has 1 unspecified atom stereocenters. The van der Waals surface area contributed by atoms with Crippen molar-refractivity contribution in [3.05, 3.63) is 56.8 Å². The van der Waals surface area contributed by atoms with Crippen LogP contribution in [0.25, 0.3) is 0 Å². The number of rotatable bonds is 3. The summed E-state index contributed by atoms with van der Waals surface area (Å²) in [4.78, 5) is 2.69. The van der Waals surface area contributed by atoms with Crippen LogP contribution < -0.4 is 5.73 Å². The monoisotopic (exact) mass is 287 g/mol. The lowest BCUT2D eigenvalue weighted by molar-refractivity contribution is 0.604. The fourth-order valence-electron chi connectivity index (χ4n) is 2.31. The fourth-order valence-corrected chi connectivity index (χ4v) is 3.38. The van der Waals surface area contributed by atoms with Crippen LogP contribution in [0.2, 0.25) is 0 Å². The van der Waals surface area contributed by atoms with Gasteiger partial charge < -0.3 is 5.73 Å². The summed E-state index contributed by atoms with van der Waals surface area (Å²) < 4.78 is 0. The minimum absolute atomic E-state index is 0.0941. The van der Waals surface area contributed by atoms with Crippen LogP contribution in [-0.4, -0.2) is 0 Å². The van der Waals surface area contributed by atoms with E-state index in [1.165, 1.54) is 26.4 Å². The van der Waals surface area contributed by atoms with Gasteiger partial charge in [0.05, 0.1) is 0 Å². The first-order valence-electron chi connectivity index (χ1n) is 7.19. The Morgan fingerprint density at radius 1 is 1.10 bits per heavy atom. The van der Waals surface area contributed by atoms with E-state index in [9.17, 15) is 0 Å². The highest BCUT2D eigenvalue weighted by atomic mass is 32.1. The largest absolute Gasteiger partial charge is 0.323 e. The van der Waals surface area contributed by atoms with E-state index in [1.54, 1.807) is 0 Å². The molecule has 108 valence electrons. The highest BCUT2D eigenvalue weighted by Crippen LogP contribution is 2.32. The van der Waals surface area contributed by atoms with Crippen molar-refractivity contribution >= 4 is 11.3 Å². The lowest BCUT2D eigenvalue weighted by atomic mass is 9.95. The van der Waals surface area contributed by atoms with E-state index in [-0.39, 0.29) is 11.5 Å². The van der Waals surface area contributed by atoms with Crippen LogP contribution in [-0.2, 0) is 11.8 Å². The molecule has 2 aromatic rings. The van der Waals surface area contributed by atoms with Crippen LogP contribution in [0, 0.1) is 13.8 Å². The maximum absolute atomic E-state index is 6.41. The Hall–Kier alpha value is -1.12. The summed E-state index contributed by atoms with van der Waals surface area (Å²) in [5.41, 5.74) is 10.6. The number of thiophene rings is 1. The van der Waals surface area contributed by atoms with Crippen molar-refractivity contribution in [3.63, 3.8) is 0 Å². The lowest BCUT2D eigenvalue weighted by Crippen LogP contribution is -2.13. The van der Waals surface area contributed by atoms with E-state index in [2.05, 4.69) is 65.0 Å². The minimum Gasteiger partial charge on any atom is -0.323 e. The van der Waals surface area contributed by atoms with Crippen molar-refractivity contribution in [2.24, 2.45) is 5.73 Å². The third kappa shape index (κ3) is 3.50. The second-order valence-corrected chi connectivity index (χ2v) is 7.81. The molecule has 0 bridgehead atoms. The third-order valence-electron chi connectivity index (χ3n) is 3.68. The molecular weight excluding hydrogens is 262 g/mol. The Morgan fingerprint density at radius 3 is 2.40 bits per heavy atom. The van der Waals surface area contributed by atoms with E-state index < -0.39 is 0 Å². The highest BCUT2D eigenvalue weighted by molar-refractivity contribution is 7.12. The summed E-state index contributed by atoms with van der Waals surface area (Å²) in [7, 11) is 0. The average molecular weight is 287 g/mol. The van der Waals surface area contributed by atoms with Crippen LogP contribution in [0.3, 0.4) is 0 Å². The molecule has 1 nitrogen and oxygen atoms in total. The van der Waals surface area contributed by atoms with Crippen LogP contribution in [0.1, 0.15) is 53.3 Å². The molecule has 0 amide bonds. The number of hydrogen-bond donors (Lipinski definition) is 1. The predicted octanol–water partition coefficient (Wildman–Crippen LogP) is 4.90. The van der Waals surface area contributed by atoms with E-state index in [4.69, 9.17) is 5.73 Å². The highest BCUT2D eigenvalue weighted by Gasteiger charge is 2.18. The van der Waals surface area contributed by atoms with Crippen molar-refractivity contribution in [2.75, 3.05) is 0 Å². The van der Waals surface area contributed by atoms with Gasteiger partial charge in [0, 0.05) is 15.8 Å². The van der Waals surface area contributed by atoms with E-state index in [0.29, 0.717) is 0 Å². The number of benzene rings is 1. The Bertz CT molecular complexity index is 590. The lowest BCUT2D eigenvalue weighted by Gasteiger charge is -2.16. The zero-order valence-electron chi connectivity index (χ0n) is 13.2. The molecular formula is C18H25NS. The molecule has 0 aliphatic carbocycles. The van der Waals surface area contributed by atoms with E-state index in [1.807, 2.05) is 11.3 Å². The van der Waals surface area contributed by atoms with Crippen LogP contribution in [0.5, 0.6) is 0 Å². The maximum Gasteiger partial charge on any atom is 0.0430 e. The summed E-state index contributed by atoms with van der Waals surface area (Å²) in [6, 6.07) is 11.1. The first-order chi connectivity index (χ1) is 9.27. The molecule has 0 aliphatic heterocycles. The predicted molar refractivity (Wildman–Crippen MR) is 89.6 cm³/mol. The van der Waals surface area contributed by atoms with Crippen molar-refractivity contribution in [1.82, 2.24) is 0 Å². The third-order valence-corrected chi connectivity index (χ3v) is 5.32. The zero-order chi connectivity index (χ0) is 14.9. The first-order valence-corrected chi connectivity index (χ1v) is 8.01. The van der Waals surface area contributed by atoms with Crippen LogP contribution in [0.15, 0.2) is 30.3 Å². The Kier molecular flexibility index (Phi) is 4.36. The molecule has 0 saturated heterocycles. The molecule has 20 heavy (non-hydrogen) atoms. The van der Waals surface area contributed by atoms with Gasteiger partial charge in [0.25, 0.3) is 0 Å². The molecule has 2 heteroatoms. The van der Waals surface area contributed by atoms with Gasteiger partial charge in [-0.15, -0.1) is 11.3 Å². The molecule has 1 heterocycles. The van der Waals surface area contributed by atoms with Gasteiger partial charge in [-0.3, -0.25) is 0 Å². The summed E-state index contributed by atoms with van der Waals surface area (Å²) in [5.74, 6) is 0. The van der Waals surface area contributed by atoms with Gasteiger partial charge >= 0.3 is 0 Å². The Morgan fingerprint density at radius 2 is 1.80 bits per heavy atom. The van der Waals surface area contributed by atoms with Crippen molar-refractivity contribution in [2.45, 2.75) is 52.5 Å². The average Bonchev–Trinajstić information content (AvgIpc) is 2.83. The van der Waals surface area contributed by atoms with Gasteiger partial charge in [0.2, 0.25) is 0 Å². The van der Waals surface area contributed by atoms with Gasteiger partial charge in [-0.25, -0.2) is 0 Å². The minimum atomic E-state index is 0.0941. The number of nitrogens with two attached hydrogens (primary N) is 1.